The Morgan fingerprint density at radius 2 is 1.89 bits per heavy atom. The molecule has 0 radical (unpaired) electrons. The fourth-order valence-electron chi connectivity index (χ4n) is 2.37. The van der Waals surface area contributed by atoms with E-state index >= 15 is 0 Å². The molecule has 0 atom stereocenters. The number of pyridine rings is 1. The molecular formula is C15H19NO2. The van der Waals surface area contributed by atoms with Crippen LogP contribution in [-0.4, -0.2) is 9.67 Å². The third kappa shape index (κ3) is 2.01. The van der Waals surface area contributed by atoms with Gasteiger partial charge < -0.3 is 9.67 Å². The molecule has 3 heteroatoms. The topological polar surface area (TPSA) is 42.2 Å². The molecule has 0 unspecified atom stereocenters. The summed E-state index contributed by atoms with van der Waals surface area (Å²) in [4.78, 5) is 12.4. The molecule has 0 spiro atoms. The zero-order valence-electron chi connectivity index (χ0n) is 10.9. The van der Waals surface area contributed by atoms with Crippen molar-refractivity contribution in [1.82, 2.24) is 4.57 Å². The summed E-state index contributed by atoms with van der Waals surface area (Å²) in [6, 6.07) is 7.54. The average molecular weight is 245 g/mol. The van der Waals surface area contributed by atoms with Gasteiger partial charge in [0, 0.05) is 11.9 Å². The lowest BCUT2D eigenvalue weighted by Gasteiger charge is -2.14. The first-order valence-electron chi connectivity index (χ1n) is 6.54. The fraction of sp³-hybridized carbons (Fsp3) is 0.400. The van der Waals surface area contributed by atoms with E-state index in [2.05, 4.69) is 0 Å². The lowest BCUT2D eigenvalue weighted by molar-refractivity contribution is 0.469. The van der Waals surface area contributed by atoms with Crippen molar-refractivity contribution in [2.45, 2.75) is 39.7 Å². The second kappa shape index (κ2) is 5.25. The SMILES string of the molecule is CCCc1c(O)c2ccccc2n(CCC)c1=O. The van der Waals surface area contributed by atoms with Gasteiger partial charge in [0.15, 0.2) is 0 Å². The number of hydrogen-bond acceptors (Lipinski definition) is 2. The van der Waals surface area contributed by atoms with Crippen molar-refractivity contribution < 1.29 is 5.11 Å². The predicted molar refractivity (Wildman–Crippen MR) is 74.2 cm³/mol. The predicted octanol–water partition coefficient (Wildman–Crippen LogP) is 3.07. The van der Waals surface area contributed by atoms with E-state index in [0.29, 0.717) is 18.5 Å². The number of aryl methyl sites for hydroxylation is 1. The summed E-state index contributed by atoms with van der Waals surface area (Å²) in [5, 5.41) is 11.0. The highest BCUT2D eigenvalue weighted by Gasteiger charge is 2.14. The Hall–Kier alpha value is -1.77. The molecule has 2 rings (SSSR count). The Morgan fingerprint density at radius 1 is 1.17 bits per heavy atom. The molecule has 0 amide bonds. The van der Waals surface area contributed by atoms with Crippen molar-refractivity contribution in [1.29, 1.82) is 0 Å². The van der Waals surface area contributed by atoms with Crippen LogP contribution < -0.4 is 5.56 Å². The van der Waals surface area contributed by atoms with Gasteiger partial charge in [0.2, 0.25) is 0 Å². The summed E-state index contributed by atoms with van der Waals surface area (Å²) in [6.45, 7) is 4.75. The van der Waals surface area contributed by atoms with E-state index in [1.165, 1.54) is 0 Å². The van der Waals surface area contributed by atoms with E-state index in [9.17, 15) is 9.90 Å². The second-order valence-electron chi connectivity index (χ2n) is 4.55. The van der Waals surface area contributed by atoms with Crippen LogP contribution in [0.5, 0.6) is 5.75 Å². The first-order chi connectivity index (χ1) is 8.70. The van der Waals surface area contributed by atoms with Gasteiger partial charge in [-0.2, -0.15) is 0 Å². The maximum atomic E-state index is 12.4. The number of para-hydroxylation sites is 1. The van der Waals surface area contributed by atoms with Crippen molar-refractivity contribution >= 4 is 10.9 Å². The molecule has 3 nitrogen and oxygen atoms in total. The van der Waals surface area contributed by atoms with E-state index in [4.69, 9.17) is 0 Å². The second-order valence-corrected chi connectivity index (χ2v) is 4.55. The Morgan fingerprint density at radius 3 is 2.56 bits per heavy atom. The normalized spacial score (nSPS) is 11.0. The number of hydrogen-bond donors (Lipinski definition) is 1. The molecule has 0 aliphatic rings. The summed E-state index contributed by atoms with van der Waals surface area (Å²) in [5.74, 6) is 0.157. The molecule has 1 N–H and O–H groups in total. The van der Waals surface area contributed by atoms with Gasteiger partial charge in [0.05, 0.1) is 11.1 Å². The fourth-order valence-corrected chi connectivity index (χ4v) is 2.37. The third-order valence-corrected chi connectivity index (χ3v) is 3.19. The van der Waals surface area contributed by atoms with Gasteiger partial charge in [-0.15, -0.1) is 0 Å². The molecule has 0 fully saturated rings. The van der Waals surface area contributed by atoms with Gasteiger partial charge >= 0.3 is 0 Å². The summed E-state index contributed by atoms with van der Waals surface area (Å²) < 4.78 is 1.78. The van der Waals surface area contributed by atoms with E-state index in [1.807, 2.05) is 38.1 Å². The smallest absolute Gasteiger partial charge is 0.257 e. The maximum Gasteiger partial charge on any atom is 0.257 e. The van der Waals surface area contributed by atoms with Crippen LogP contribution in [0.2, 0.25) is 0 Å². The minimum atomic E-state index is -0.0464. The highest BCUT2D eigenvalue weighted by Crippen LogP contribution is 2.26. The Balaban J connectivity index is 2.82. The van der Waals surface area contributed by atoms with Crippen LogP contribution in [0.15, 0.2) is 29.1 Å². The van der Waals surface area contributed by atoms with Gasteiger partial charge in [0.1, 0.15) is 5.75 Å². The van der Waals surface area contributed by atoms with Gasteiger partial charge in [-0.05, 0) is 25.0 Å². The van der Waals surface area contributed by atoms with Crippen molar-refractivity contribution in [3.05, 3.63) is 40.2 Å². The average Bonchev–Trinajstić information content (AvgIpc) is 2.39. The maximum absolute atomic E-state index is 12.4. The van der Waals surface area contributed by atoms with Crippen LogP contribution in [0, 0.1) is 0 Å². The van der Waals surface area contributed by atoms with Crippen molar-refractivity contribution in [2.24, 2.45) is 0 Å². The van der Waals surface area contributed by atoms with Gasteiger partial charge in [-0.25, -0.2) is 0 Å². The number of benzene rings is 1. The molecule has 1 aromatic heterocycles. The van der Waals surface area contributed by atoms with E-state index in [1.54, 1.807) is 4.57 Å². The summed E-state index contributed by atoms with van der Waals surface area (Å²) >= 11 is 0. The molecule has 0 saturated heterocycles. The Bertz CT molecular complexity index is 614. The van der Waals surface area contributed by atoms with Gasteiger partial charge in [0.25, 0.3) is 5.56 Å². The zero-order chi connectivity index (χ0) is 13.1. The van der Waals surface area contributed by atoms with Crippen LogP contribution in [-0.2, 0) is 13.0 Å². The first-order valence-corrected chi connectivity index (χ1v) is 6.54. The van der Waals surface area contributed by atoms with Gasteiger partial charge in [-0.3, -0.25) is 4.79 Å². The largest absolute Gasteiger partial charge is 0.507 e. The van der Waals surface area contributed by atoms with E-state index < -0.39 is 0 Å². The highest BCUT2D eigenvalue weighted by molar-refractivity contribution is 5.86. The number of nitrogens with zero attached hydrogens (tertiary/aromatic N) is 1. The molecule has 2 aromatic rings. The van der Waals surface area contributed by atoms with Gasteiger partial charge in [-0.1, -0.05) is 32.4 Å². The summed E-state index contributed by atoms with van der Waals surface area (Å²) in [6.07, 6.45) is 2.38. The number of aromatic hydroxyl groups is 1. The van der Waals surface area contributed by atoms with Crippen molar-refractivity contribution in [3.63, 3.8) is 0 Å². The number of fused-ring (bicyclic) bond motifs is 1. The van der Waals surface area contributed by atoms with Crippen LogP contribution in [0.4, 0.5) is 0 Å². The molecule has 0 bridgehead atoms. The molecule has 18 heavy (non-hydrogen) atoms. The molecule has 1 heterocycles. The molecule has 1 aromatic carbocycles. The molecule has 0 aliphatic carbocycles. The Kier molecular flexibility index (Phi) is 3.70. The highest BCUT2D eigenvalue weighted by atomic mass is 16.3. The lowest BCUT2D eigenvalue weighted by atomic mass is 10.1. The van der Waals surface area contributed by atoms with Crippen molar-refractivity contribution in [3.8, 4) is 5.75 Å². The van der Waals surface area contributed by atoms with Crippen LogP contribution in [0.25, 0.3) is 10.9 Å². The number of rotatable bonds is 4. The first kappa shape index (κ1) is 12.7. The third-order valence-electron chi connectivity index (χ3n) is 3.19. The zero-order valence-corrected chi connectivity index (χ0v) is 10.9. The number of aromatic nitrogens is 1. The minimum absolute atomic E-state index is 0.0464. The molecular weight excluding hydrogens is 226 g/mol. The monoisotopic (exact) mass is 245 g/mol. The van der Waals surface area contributed by atoms with Crippen LogP contribution in [0.1, 0.15) is 32.3 Å². The quantitative estimate of drug-likeness (QED) is 0.899. The molecule has 0 saturated carbocycles. The Labute approximate surface area is 107 Å². The summed E-state index contributed by atoms with van der Waals surface area (Å²) in [7, 11) is 0. The molecule has 96 valence electrons. The van der Waals surface area contributed by atoms with Crippen LogP contribution in [0.3, 0.4) is 0 Å². The summed E-state index contributed by atoms with van der Waals surface area (Å²) in [5.41, 5.74) is 1.32. The van der Waals surface area contributed by atoms with E-state index in [0.717, 1.165) is 23.7 Å². The van der Waals surface area contributed by atoms with Crippen molar-refractivity contribution in [2.75, 3.05) is 0 Å². The standard InChI is InChI=1S/C15H19NO2/c1-3-7-12-14(17)11-8-5-6-9-13(11)16(10-4-2)15(12)18/h5-6,8-9,17H,3-4,7,10H2,1-2H3. The van der Waals surface area contributed by atoms with Crippen LogP contribution >= 0.6 is 0 Å². The molecule has 0 aliphatic heterocycles. The van der Waals surface area contributed by atoms with E-state index in [-0.39, 0.29) is 11.3 Å². The minimum Gasteiger partial charge on any atom is -0.507 e. The lowest BCUT2D eigenvalue weighted by Crippen LogP contribution is -2.24.